The number of guanidine groups is 1. The summed E-state index contributed by atoms with van der Waals surface area (Å²) >= 11 is 3.55. The van der Waals surface area contributed by atoms with Crippen molar-refractivity contribution in [2.45, 2.75) is 45.4 Å². The van der Waals surface area contributed by atoms with E-state index in [1.165, 1.54) is 0 Å². The summed E-state index contributed by atoms with van der Waals surface area (Å²) < 4.78 is 24.6. The molecule has 2 N–H and O–H groups in total. The maximum Gasteiger partial charge on any atom is 0.191 e. The Hall–Kier alpha value is -1.08. The van der Waals surface area contributed by atoms with Gasteiger partial charge in [0.05, 0.1) is 23.1 Å². The first-order chi connectivity index (χ1) is 11.1. The first-order valence-corrected chi connectivity index (χ1v) is 10.5. The number of nitrogens with one attached hydrogen (secondary N) is 2. The van der Waals surface area contributed by atoms with Crippen molar-refractivity contribution in [3.8, 4) is 0 Å². The van der Waals surface area contributed by atoms with Gasteiger partial charge in [0, 0.05) is 11.0 Å². The molecule has 0 radical (unpaired) electrons. The Morgan fingerprint density at radius 1 is 1.29 bits per heavy atom. The number of hydrogen-bond acceptors (Lipinski definition) is 3. The van der Waals surface area contributed by atoms with Crippen LogP contribution in [-0.4, -0.2) is 38.0 Å². The van der Waals surface area contributed by atoms with Crippen molar-refractivity contribution in [3.63, 3.8) is 0 Å². The molecule has 1 rings (SSSR count). The van der Waals surface area contributed by atoms with Crippen molar-refractivity contribution < 1.29 is 8.42 Å². The average molecular weight is 418 g/mol. The SMILES string of the molecule is CCNC(=NCCS(=O)(=O)C(C)(C)C)NC(C)c1ccccc1Br. The van der Waals surface area contributed by atoms with E-state index in [0.29, 0.717) is 12.5 Å². The van der Waals surface area contributed by atoms with Gasteiger partial charge in [-0.2, -0.15) is 0 Å². The summed E-state index contributed by atoms with van der Waals surface area (Å²) in [5.41, 5.74) is 1.12. The van der Waals surface area contributed by atoms with E-state index in [2.05, 4.69) is 31.6 Å². The van der Waals surface area contributed by atoms with Crippen molar-refractivity contribution >= 4 is 31.7 Å². The van der Waals surface area contributed by atoms with E-state index in [1.807, 2.05) is 38.1 Å². The van der Waals surface area contributed by atoms with Crippen molar-refractivity contribution in [1.29, 1.82) is 0 Å². The van der Waals surface area contributed by atoms with Gasteiger partial charge in [-0.1, -0.05) is 34.1 Å². The Kier molecular flexibility index (Phi) is 7.73. The molecule has 7 heteroatoms. The summed E-state index contributed by atoms with van der Waals surface area (Å²) in [6.07, 6.45) is 0. The number of hydrogen-bond donors (Lipinski definition) is 2. The summed E-state index contributed by atoms with van der Waals surface area (Å²) in [4.78, 5) is 4.41. The summed E-state index contributed by atoms with van der Waals surface area (Å²) in [6.45, 7) is 10.1. The van der Waals surface area contributed by atoms with E-state index >= 15 is 0 Å². The van der Waals surface area contributed by atoms with E-state index in [-0.39, 0.29) is 18.3 Å². The van der Waals surface area contributed by atoms with Crippen LogP contribution in [0.25, 0.3) is 0 Å². The summed E-state index contributed by atoms with van der Waals surface area (Å²) in [5, 5.41) is 6.47. The second-order valence-corrected chi connectivity index (χ2v) is 10.3. The van der Waals surface area contributed by atoms with Gasteiger partial charge in [-0.15, -0.1) is 0 Å². The molecule has 0 saturated heterocycles. The third-order valence-corrected chi connectivity index (χ3v) is 6.94. The summed E-state index contributed by atoms with van der Waals surface area (Å²) in [6, 6.07) is 8.02. The Morgan fingerprint density at radius 2 is 1.92 bits per heavy atom. The number of benzene rings is 1. The first kappa shape index (κ1) is 21.0. The minimum absolute atomic E-state index is 0.0382. The van der Waals surface area contributed by atoms with Gasteiger partial charge in [0.1, 0.15) is 0 Å². The maximum atomic E-state index is 12.2. The van der Waals surface area contributed by atoms with E-state index in [4.69, 9.17) is 0 Å². The van der Waals surface area contributed by atoms with Crippen LogP contribution in [-0.2, 0) is 9.84 Å². The highest BCUT2D eigenvalue weighted by atomic mass is 79.9. The topological polar surface area (TPSA) is 70.6 Å². The summed E-state index contributed by atoms with van der Waals surface area (Å²) in [5.74, 6) is 0.654. The molecule has 24 heavy (non-hydrogen) atoms. The van der Waals surface area contributed by atoms with Gasteiger partial charge in [-0.3, -0.25) is 4.99 Å². The number of rotatable bonds is 6. The number of sulfone groups is 1. The van der Waals surface area contributed by atoms with E-state index < -0.39 is 14.6 Å². The third-order valence-electron chi connectivity index (χ3n) is 3.63. The molecule has 5 nitrogen and oxygen atoms in total. The fraction of sp³-hybridized carbons (Fsp3) is 0.588. The van der Waals surface area contributed by atoms with Crippen LogP contribution in [0.3, 0.4) is 0 Å². The molecule has 0 aliphatic carbocycles. The molecular weight excluding hydrogens is 390 g/mol. The number of nitrogens with zero attached hydrogens (tertiary/aromatic N) is 1. The normalized spacial score (nSPS) is 14.3. The molecule has 0 amide bonds. The van der Waals surface area contributed by atoms with Gasteiger partial charge >= 0.3 is 0 Å². The molecule has 1 unspecified atom stereocenters. The Balaban J connectivity index is 2.78. The van der Waals surface area contributed by atoms with Crippen LogP contribution < -0.4 is 10.6 Å². The standard InChI is InChI=1S/C17H28BrN3O2S/c1-6-19-16(20-11-12-24(22,23)17(3,4)5)21-13(2)14-9-7-8-10-15(14)18/h7-10,13H,6,11-12H2,1-5H3,(H2,19,20,21). The van der Waals surface area contributed by atoms with Crippen molar-refractivity contribution in [2.75, 3.05) is 18.8 Å². The predicted molar refractivity (Wildman–Crippen MR) is 105 cm³/mol. The van der Waals surface area contributed by atoms with Gasteiger partial charge in [-0.25, -0.2) is 8.42 Å². The van der Waals surface area contributed by atoms with Gasteiger partial charge in [-0.05, 0) is 46.2 Å². The highest BCUT2D eigenvalue weighted by molar-refractivity contribution is 9.10. The molecule has 0 aromatic heterocycles. The van der Waals surface area contributed by atoms with Crippen LogP contribution in [0.2, 0.25) is 0 Å². The smallest absolute Gasteiger partial charge is 0.191 e. The lowest BCUT2D eigenvalue weighted by atomic mass is 10.1. The van der Waals surface area contributed by atoms with Crippen LogP contribution in [0.4, 0.5) is 0 Å². The Morgan fingerprint density at radius 3 is 2.46 bits per heavy atom. The highest BCUT2D eigenvalue weighted by Gasteiger charge is 2.28. The highest BCUT2D eigenvalue weighted by Crippen LogP contribution is 2.22. The molecule has 0 heterocycles. The summed E-state index contributed by atoms with van der Waals surface area (Å²) in [7, 11) is -3.17. The molecule has 0 aliphatic rings. The van der Waals surface area contributed by atoms with Gasteiger partial charge in [0.15, 0.2) is 15.8 Å². The monoisotopic (exact) mass is 417 g/mol. The maximum absolute atomic E-state index is 12.2. The average Bonchev–Trinajstić information content (AvgIpc) is 2.46. The largest absolute Gasteiger partial charge is 0.357 e. The van der Waals surface area contributed by atoms with Gasteiger partial charge in [0.25, 0.3) is 0 Å². The van der Waals surface area contributed by atoms with Crippen molar-refractivity contribution in [1.82, 2.24) is 10.6 Å². The third kappa shape index (κ3) is 6.09. The molecule has 1 aromatic rings. The molecular formula is C17H28BrN3O2S. The molecule has 0 saturated carbocycles. The van der Waals surface area contributed by atoms with Crippen molar-refractivity contribution in [2.24, 2.45) is 4.99 Å². The van der Waals surface area contributed by atoms with Crippen LogP contribution >= 0.6 is 15.9 Å². The lowest BCUT2D eigenvalue weighted by molar-refractivity contribution is 0.560. The molecule has 1 aromatic carbocycles. The van der Waals surface area contributed by atoms with Crippen LogP contribution in [0.1, 0.15) is 46.2 Å². The second-order valence-electron chi connectivity index (χ2n) is 6.58. The van der Waals surface area contributed by atoms with Crippen LogP contribution in [0.5, 0.6) is 0 Å². The fourth-order valence-electron chi connectivity index (χ4n) is 2.01. The zero-order chi connectivity index (χ0) is 18.4. The molecule has 1 atom stereocenters. The number of halogens is 1. The Bertz CT molecular complexity index is 667. The van der Waals surface area contributed by atoms with Crippen molar-refractivity contribution in [3.05, 3.63) is 34.3 Å². The molecule has 0 spiro atoms. The predicted octanol–water partition coefficient (Wildman–Crippen LogP) is 3.28. The molecule has 0 aliphatic heterocycles. The second kappa shape index (κ2) is 8.85. The van der Waals surface area contributed by atoms with E-state index in [1.54, 1.807) is 20.8 Å². The zero-order valence-corrected chi connectivity index (χ0v) is 17.5. The van der Waals surface area contributed by atoms with Crippen LogP contribution in [0.15, 0.2) is 33.7 Å². The van der Waals surface area contributed by atoms with Gasteiger partial charge in [0.2, 0.25) is 0 Å². The number of aliphatic imine (C=N–C) groups is 1. The van der Waals surface area contributed by atoms with E-state index in [0.717, 1.165) is 10.0 Å². The molecule has 0 bridgehead atoms. The molecule has 136 valence electrons. The fourth-order valence-corrected chi connectivity index (χ4v) is 3.59. The lowest BCUT2D eigenvalue weighted by Crippen LogP contribution is -2.39. The minimum Gasteiger partial charge on any atom is -0.357 e. The van der Waals surface area contributed by atoms with Crippen LogP contribution in [0, 0.1) is 0 Å². The van der Waals surface area contributed by atoms with E-state index in [9.17, 15) is 8.42 Å². The zero-order valence-electron chi connectivity index (χ0n) is 15.1. The molecule has 0 fully saturated rings. The quantitative estimate of drug-likeness (QED) is 0.550. The minimum atomic E-state index is -3.17. The van der Waals surface area contributed by atoms with Gasteiger partial charge < -0.3 is 10.6 Å². The Labute approximate surface area is 154 Å². The first-order valence-electron chi connectivity index (χ1n) is 8.10. The lowest BCUT2D eigenvalue weighted by Gasteiger charge is -2.20.